The Morgan fingerprint density at radius 3 is 2.69 bits per heavy atom. The zero-order chi connectivity index (χ0) is 20.9. The Balaban J connectivity index is 1.51. The van der Waals surface area contributed by atoms with Crippen LogP contribution in [0.3, 0.4) is 0 Å². The fourth-order valence-corrected chi connectivity index (χ4v) is 5.09. The highest BCUT2D eigenvalue weighted by Gasteiger charge is 2.31. The van der Waals surface area contributed by atoms with E-state index in [1.807, 2.05) is 6.07 Å². The molecule has 1 aliphatic carbocycles. The van der Waals surface area contributed by atoms with Crippen LogP contribution in [-0.4, -0.2) is 58.9 Å². The van der Waals surface area contributed by atoms with Crippen LogP contribution in [0.5, 0.6) is 5.75 Å². The number of rotatable bonds is 9. The Labute approximate surface area is 171 Å². The lowest BCUT2D eigenvalue weighted by molar-refractivity contribution is -0.109. The van der Waals surface area contributed by atoms with E-state index in [2.05, 4.69) is 10.0 Å². The Morgan fingerprint density at radius 1 is 1.24 bits per heavy atom. The number of para-hydroxylation sites is 1. The van der Waals surface area contributed by atoms with Gasteiger partial charge in [0.15, 0.2) is 17.9 Å². The van der Waals surface area contributed by atoms with Crippen molar-refractivity contribution in [1.29, 1.82) is 0 Å². The van der Waals surface area contributed by atoms with Gasteiger partial charge in [0.05, 0.1) is 19.0 Å². The quantitative estimate of drug-likeness (QED) is 0.582. The normalized spacial score (nSPS) is 27.7. The second-order valence-electron chi connectivity index (χ2n) is 7.79. The summed E-state index contributed by atoms with van der Waals surface area (Å²) in [7, 11) is -3.25. The predicted molar refractivity (Wildman–Crippen MR) is 107 cm³/mol. The van der Waals surface area contributed by atoms with Crippen LogP contribution in [0.1, 0.15) is 43.6 Å². The number of benzene rings is 1. The van der Waals surface area contributed by atoms with Crippen LogP contribution in [-0.2, 0) is 19.6 Å². The molecular weight excluding hydrogens is 399 g/mol. The second-order valence-corrected chi connectivity index (χ2v) is 9.57. The van der Waals surface area contributed by atoms with E-state index < -0.39 is 15.8 Å². The van der Waals surface area contributed by atoms with Crippen molar-refractivity contribution < 1.29 is 27.1 Å². The molecule has 2 aliphatic rings. The average molecular weight is 429 g/mol. The van der Waals surface area contributed by atoms with Crippen LogP contribution in [0.4, 0.5) is 4.39 Å². The highest BCUT2D eigenvalue weighted by molar-refractivity contribution is 7.88. The minimum absolute atomic E-state index is 0.0333. The molecule has 162 valence electrons. The summed E-state index contributed by atoms with van der Waals surface area (Å²) >= 11 is 0. The number of hydrogen-bond acceptors (Lipinski definition) is 6. The van der Waals surface area contributed by atoms with Gasteiger partial charge in [-0.2, -0.15) is 0 Å². The van der Waals surface area contributed by atoms with Crippen molar-refractivity contribution in [2.75, 3.05) is 26.0 Å². The number of ether oxygens (including phenoxy) is 2. The van der Waals surface area contributed by atoms with E-state index in [4.69, 9.17) is 9.47 Å². The molecule has 1 heterocycles. The molecule has 2 fully saturated rings. The van der Waals surface area contributed by atoms with Gasteiger partial charge in [0.2, 0.25) is 10.0 Å². The third kappa shape index (κ3) is 6.21. The van der Waals surface area contributed by atoms with E-state index in [1.54, 1.807) is 6.07 Å². The lowest BCUT2D eigenvalue weighted by atomic mass is 9.82. The van der Waals surface area contributed by atoms with Gasteiger partial charge in [0, 0.05) is 17.6 Å². The topological polar surface area (TPSA) is 93.7 Å². The van der Waals surface area contributed by atoms with Crippen LogP contribution in [0, 0.1) is 5.82 Å². The third-order valence-corrected chi connectivity index (χ3v) is 6.36. The maximum absolute atomic E-state index is 14.1. The first-order chi connectivity index (χ1) is 13.9. The van der Waals surface area contributed by atoms with E-state index in [0.29, 0.717) is 12.9 Å². The van der Waals surface area contributed by atoms with Gasteiger partial charge in [-0.05, 0) is 50.6 Å². The third-order valence-electron chi connectivity index (χ3n) is 5.63. The molecule has 2 atom stereocenters. The Hall–Kier alpha value is -1.55. The molecule has 0 amide bonds. The van der Waals surface area contributed by atoms with E-state index in [9.17, 15) is 17.6 Å². The Kier molecular flexibility index (Phi) is 7.61. The minimum Gasteiger partial charge on any atom is -0.483 e. The summed E-state index contributed by atoms with van der Waals surface area (Å²) in [5, 5.41) is 3.30. The van der Waals surface area contributed by atoms with Crippen LogP contribution >= 0.6 is 0 Å². The van der Waals surface area contributed by atoms with Gasteiger partial charge < -0.3 is 14.8 Å². The van der Waals surface area contributed by atoms with Gasteiger partial charge in [0.25, 0.3) is 0 Å². The summed E-state index contributed by atoms with van der Waals surface area (Å²) < 4.78 is 51.2. The molecule has 0 bridgehead atoms. The molecule has 1 saturated carbocycles. The fraction of sp³-hybridized carbons (Fsp3) is 0.650. The number of hydrogen-bond donors (Lipinski definition) is 2. The molecular formula is C20H29FN2O5S. The second kappa shape index (κ2) is 9.97. The lowest BCUT2D eigenvalue weighted by Crippen LogP contribution is -2.46. The van der Waals surface area contributed by atoms with Gasteiger partial charge in [-0.15, -0.1) is 0 Å². The standard InChI is InChI=1S/C20H29FN2O5S/c1-29(25,26)23-18-9-10-22-19(18)13-28-15-7-5-14(6-8-15)16-3-2-4-17(21)20(16)27-12-11-24/h2-4,11,14-15,18-19,22-23H,5-10,12-13H2,1H3/t14-,15+,18-,19-/m0/s1. The SMILES string of the molecule is CS(=O)(=O)N[C@H]1CCN[C@H]1CO[C@H]1CC[C@@H](c2cccc(F)c2OCC=O)CC1. The number of carbonyl (C=O) groups excluding carboxylic acids is 1. The average Bonchev–Trinajstić information content (AvgIpc) is 3.11. The largest absolute Gasteiger partial charge is 0.483 e. The van der Waals surface area contributed by atoms with Crippen molar-refractivity contribution in [2.24, 2.45) is 0 Å². The Bertz CT molecular complexity index is 796. The molecule has 2 N–H and O–H groups in total. The van der Waals surface area contributed by atoms with E-state index in [0.717, 1.165) is 44.2 Å². The summed E-state index contributed by atoms with van der Waals surface area (Å²) in [6.07, 6.45) is 5.99. The van der Waals surface area contributed by atoms with E-state index in [-0.39, 0.29) is 36.5 Å². The monoisotopic (exact) mass is 428 g/mol. The molecule has 1 aromatic rings. The van der Waals surface area contributed by atoms with Crippen LogP contribution in [0.2, 0.25) is 0 Å². The predicted octanol–water partition coefficient (Wildman–Crippen LogP) is 1.73. The zero-order valence-electron chi connectivity index (χ0n) is 16.6. The van der Waals surface area contributed by atoms with Gasteiger partial charge in [0.1, 0.15) is 6.61 Å². The summed E-state index contributed by atoms with van der Waals surface area (Å²) in [4.78, 5) is 10.6. The van der Waals surface area contributed by atoms with E-state index in [1.165, 1.54) is 12.3 Å². The smallest absolute Gasteiger partial charge is 0.209 e. The van der Waals surface area contributed by atoms with Crippen molar-refractivity contribution in [2.45, 2.75) is 56.2 Å². The first-order valence-electron chi connectivity index (χ1n) is 10.0. The number of aldehydes is 1. The van der Waals surface area contributed by atoms with Crippen LogP contribution < -0.4 is 14.8 Å². The van der Waals surface area contributed by atoms with Gasteiger partial charge in [-0.1, -0.05) is 12.1 Å². The van der Waals surface area contributed by atoms with Crippen molar-refractivity contribution in [1.82, 2.24) is 10.0 Å². The van der Waals surface area contributed by atoms with Gasteiger partial charge in [-0.25, -0.2) is 17.5 Å². The van der Waals surface area contributed by atoms with Crippen LogP contribution in [0.15, 0.2) is 18.2 Å². The van der Waals surface area contributed by atoms with Crippen molar-refractivity contribution in [3.05, 3.63) is 29.6 Å². The number of sulfonamides is 1. The maximum atomic E-state index is 14.1. The number of halogens is 1. The molecule has 0 unspecified atom stereocenters. The van der Waals surface area contributed by atoms with Crippen molar-refractivity contribution in [3.8, 4) is 5.75 Å². The Morgan fingerprint density at radius 2 is 2.00 bits per heavy atom. The molecule has 1 saturated heterocycles. The van der Waals surface area contributed by atoms with Crippen molar-refractivity contribution >= 4 is 16.3 Å². The zero-order valence-corrected chi connectivity index (χ0v) is 17.4. The molecule has 1 aliphatic heterocycles. The van der Waals surface area contributed by atoms with E-state index >= 15 is 0 Å². The summed E-state index contributed by atoms with van der Waals surface area (Å²) in [6.45, 7) is 1.05. The lowest BCUT2D eigenvalue weighted by Gasteiger charge is -2.31. The molecule has 9 heteroatoms. The molecule has 1 aromatic carbocycles. The summed E-state index contributed by atoms with van der Waals surface area (Å²) in [5.41, 5.74) is 0.806. The summed E-state index contributed by atoms with van der Waals surface area (Å²) in [6, 6.07) is 4.69. The number of carbonyl (C=O) groups is 1. The highest BCUT2D eigenvalue weighted by atomic mass is 32.2. The van der Waals surface area contributed by atoms with Gasteiger partial charge in [-0.3, -0.25) is 4.79 Å². The minimum atomic E-state index is -3.25. The van der Waals surface area contributed by atoms with Gasteiger partial charge >= 0.3 is 0 Å². The maximum Gasteiger partial charge on any atom is 0.209 e. The molecule has 3 rings (SSSR count). The fourth-order valence-electron chi connectivity index (χ4n) is 4.26. The molecule has 7 nitrogen and oxygen atoms in total. The summed E-state index contributed by atoms with van der Waals surface area (Å²) in [5.74, 6) is -0.107. The first-order valence-corrected chi connectivity index (χ1v) is 11.9. The van der Waals surface area contributed by atoms with Crippen LogP contribution in [0.25, 0.3) is 0 Å². The molecule has 0 spiro atoms. The molecule has 29 heavy (non-hydrogen) atoms. The number of nitrogens with one attached hydrogen (secondary N) is 2. The highest BCUT2D eigenvalue weighted by Crippen LogP contribution is 2.39. The molecule has 0 radical (unpaired) electrons. The first kappa shape index (κ1) is 22.1. The molecule has 0 aromatic heterocycles. The van der Waals surface area contributed by atoms with Crippen molar-refractivity contribution in [3.63, 3.8) is 0 Å².